The van der Waals surface area contributed by atoms with Crippen molar-refractivity contribution >= 4 is 22.6 Å². The van der Waals surface area contributed by atoms with E-state index in [1.54, 1.807) is 6.20 Å². The number of aromatic amines is 1. The number of hydrogen-bond acceptors (Lipinski definition) is 2. The normalized spacial score (nSPS) is 19.9. The van der Waals surface area contributed by atoms with Gasteiger partial charge in [0.25, 0.3) is 0 Å². The van der Waals surface area contributed by atoms with Crippen LogP contribution in [-0.2, 0) is 0 Å². The molecule has 6 heteroatoms. The van der Waals surface area contributed by atoms with Gasteiger partial charge in [0, 0.05) is 11.4 Å². The van der Waals surface area contributed by atoms with Gasteiger partial charge in [-0.1, -0.05) is 18.2 Å². The van der Waals surface area contributed by atoms with Gasteiger partial charge < -0.3 is 10.6 Å². The summed E-state index contributed by atoms with van der Waals surface area (Å²) in [6, 6.07) is 12.2. The number of carbonyl (C=O) groups is 1. The molecule has 25 heavy (non-hydrogen) atoms. The zero-order valence-electron chi connectivity index (χ0n) is 13.6. The summed E-state index contributed by atoms with van der Waals surface area (Å²) in [7, 11) is 0. The number of hydrogen-bond donors (Lipinski definition) is 3. The van der Waals surface area contributed by atoms with Crippen molar-refractivity contribution in [3.05, 3.63) is 60.0 Å². The SMILES string of the molecule is O=C(Nc1cccc2[nH]ncc12)NC1CCC(c2ccc(F)cc2)C1. The molecule has 2 amide bonds. The Morgan fingerprint density at radius 2 is 2.00 bits per heavy atom. The molecule has 5 nitrogen and oxygen atoms in total. The van der Waals surface area contributed by atoms with Gasteiger partial charge in [0.1, 0.15) is 5.82 Å². The largest absolute Gasteiger partial charge is 0.335 e. The minimum Gasteiger partial charge on any atom is -0.335 e. The lowest BCUT2D eigenvalue weighted by Crippen LogP contribution is -2.36. The lowest BCUT2D eigenvalue weighted by atomic mass is 9.97. The summed E-state index contributed by atoms with van der Waals surface area (Å²) >= 11 is 0. The number of benzene rings is 2. The van der Waals surface area contributed by atoms with Crippen LogP contribution in [-0.4, -0.2) is 22.3 Å². The topological polar surface area (TPSA) is 69.8 Å². The van der Waals surface area contributed by atoms with Gasteiger partial charge in [-0.3, -0.25) is 5.10 Å². The van der Waals surface area contributed by atoms with Crippen molar-refractivity contribution in [3.63, 3.8) is 0 Å². The molecule has 0 spiro atoms. The number of carbonyl (C=O) groups excluding carboxylic acids is 1. The van der Waals surface area contributed by atoms with Crippen LogP contribution in [0, 0.1) is 5.82 Å². The van der Waals surface area contributed by atoms with Crippen molar-refractivity contribution in [1.82, 2.24) is 15.5 Å². The van der Waals surface area contributed by atoms with Crippen LogP contribution in [0.15, 0.2) is 48.7 Å². The number of fused-ring (bicyclic) bond motifs is 1. The molecule has 0 bridgehead atoms. The molecular formula is C19H19FN4O. The highest BCUT2D eigenvalue weighted by molar-refractivity contribution is 6.00. The van der Waals surface area contributed by atoms with Crippen LogP contribution < -0.4 is 10.6 Å². The molecule has 1 aromatic heterocycles. The molecule has 0 saturated heterocycles. The van der Waals surface area contributed by atoms with Crippen LogP contribution in [0.1, 0.15) is 30.7 Å². The number of amides is 2. The van der Waals surface area contributed by atoms with Gasteiger partial charge in [0.2, 0.25) is 0 Å². The summed E-state index contributed by atoms with van der Waals surface area (Å²) in [6.45, 7) is 0. The average molecular weight is 338 g/mol. The minimum atomic E-state index is -0.218. The predicted molar refractivity (Wildman–Crippen MR) is 95.0 cm³/mol. The summed E-state index contributed by atoms with van der Waals surface area (Å²) in [5.74, 6) is 0.146. The first kappa shape index (κ1) is 15.6. The molecule has 2 unspecified atom stereocenters. The van der Waals surface area contributed by atoms with E-state index in [9.17, 15) is 9.18 Å². The van der Waals surface area contributed by atoms with E-state index < -0.39 is 0 Å². The number of H-pyrrole nitrogens is 1. The summed E-state index contributed by atoms with van der Waals surface area (Å²) in [6.07, 6.45) is 4.49. The van der Waals surface area contributed by atoms with E-state index in [2.05, 4.69) is 20.8 Å². The highest BCUT2D eigenvalue weighted by atomic mass is 19.1. The number of rotatable bonds is 3. The molecule has 1 fully saturated rings. The lowest BCUT2D eigenvalue weighted by molar-refractivity contribution is 0.248. The van der Waals surface area contributed by atoms with Gasteiger partial charge in [-0.15, -0.1) is 0 Å². The van der Waals surface area contributed by atoms with Crippen LogP contribution in [0.5, 0.6) is 0 Å². The molecule has 0 radical (unpaired) electrons. The maximum absolute atomic E-state index is 13.0. The van der Waals surface area contributed by atoms with Crippen LogP contribution in [0.4, 0.5) is 14.9 Å². The predicted octanol–water partition coefficient (Wildman–Crippen LogP) is 4.16. The van der Waals surface area contributed by atoms with Gasteiger partial charge in [-0.25, -0.2) is 9.18 Å². The van der Waals surface area contributed by atoms with Crippen molar-refractivity contribution in [2.24, 2.45) is 0 Å². The summed E-state index contributed by atoms with van der Waals surface area (Å²) in [5.41, 5.74) is 2.75. The van der Waals surface area contributed by atoms with Gasteiger partial charge in [-0.05, 0) is 55.0 Å². The first-order valence-electron chi connectivity index (χ1n) is 8.44. The molecule has 3 aromatic rings. The Bertz CT molecular complexity index is 890. The van der Waals surface area contributed by atoms with E-state index in [0.717, 1.165) is 41.4 Å². The Morgan fingerprint density at radius 3 is 2.84 bits per heavy atom. The zero-order chi connectivity index (χ0) is 17.2. The Hall–Kier alpha value is -2.89. The first-order valence-corrected chi connectivity index (χ1v) is 8.44. The average Bonchev–Trinajstić information content (AvgIpc) is 3.25. The van der Waals surface area contributed by atoms with Gasteiger partial charge in [0.15, 0.2) is 0 Å². The second-order valence-electron chi connectivity index (χ2n) is 6.49. The molecule has 3 N–H and O–H groups in total. The molecule has 1 saturated carbocycles. The van der Waals surface area contributed by atoms with E-state index >= 15 is 0 Å². The maximum atomic E-state index is 13.0. The fourth-order valence-electron chi connectivity index (χ4n) is 3.57. The molecule has 1 heterocycles. The van der Waals surface area contributed by atoms with Crippen molar-refractivity contribution in [2.45, 2.75) is 31.2 Å². The number of nitrogens with one attached hydrogen (secondary N) is 3. The number of urea groups is 1. The molecule has 1 aliphatic rings. The fourth-order valence-corrected chi connectivity index (χ4v) is 3.57. The Kier molecular flexibility index (Phi) is 4.09. The van der Waals surface area contributed by atoms with Crippen LogP contribution in [0.2, 0.25) is 0 Å². The molecule has 2 atom stereocenters. The standard InChI is InChI=1S/C19H19FN4O/c20-14-7-4-12(5-8-14)13-6-9-15(10-13)22-19(25)23-17-2-1-3-18-16(17)11-21-24-18/h1-5,7-8,11,13,15H,6,9-10H2,(H,21,24)(H2,22,23,25). The van der Waals surface area contributed by atoms with E-state index in [-0.39, 0.29) is 17.9 Å². The molecule has 0 aliphatic heterocycles. The van der Waals surface area contributed by atoms with Gasteiger partial charge in [0.05, 0.1) is 17.4 Å². The smallest absolute Gasteiger partial charge is 0.319 e. The molecule has 4 rings (SSSR count). The fraction of sp³-hybridized carbons (Fsp3) is 0.263. The van der Waals surface area contributed by atoms with E-state index in [1.807, 2.05) is 30.3 Å². The van der Waals surface area contributed by atoms with Crippen LogP contribution >= 0.6 is 0 Å². The van der Waals surface area contributed by atoms with Gasteiger partial charge >= 0.3 is 6.03 Å². The first-order chi connectivity index (χ1) is 12.2. The maximum Gasteiger partial charge on any atom is 0.319 e. The summed E-state index contributed by atoms with van der Waals surface area (Å²) in [5, 5.41) is 13.7. The third kappa shape index (κ3) is 3.33. The quantitative estimate of drug-likeness (QED) is 0.671. The molecule has 1 aliphatic carbocycles. The third-order valence-corrected chi connectivity index (χ3v) is 4.84. The molecular weight excluding hydrogens is 319 g/mol. The number of aromatic nitrogens is 2. The van der Waals surface area contributed by atoms with Crippen molar-refractivity contribution in [2.75, 3.05) is 5.32 Å². The van der Waals surface area contributed by atoms with Gasteiger partial charge in [-0.2, -0.15) is 5.10 Å². The highest BCUT2D eigenvalue weighted by Gasteiger charge is 2.27. The van der Waals surface area contributed by atoms with E-state index in [1.165, 1.54) is 12.1 Å². The van der Waals surface area contributed by atoms with Crippen molar-refractivity contribution < 1.29 is 9.18 Å². The Balaban J connectivity index is 1.37. The summed E-state index contributed by atoms with van der Waals surface area (Å²) in [4.78, 5) is 12.3. The number of anilines is 1. The van der Waals surface area contributed by atoms with Crippen molar-refractivity contribution in [3.8, 4) is 0 Å². The van der Waals surface area contributed by atoms with E-state index in [0.29, 0.717) is 5.92 Å². The second-order valence-corrected chi connectivity index (χ2v) is 6.49. The third-order valence-electron chi connectivity index (χ3n) is 4.84. The molecule has 2 aromatic carbocycles. The van der Waals surface area contributed by atoms with Crippen molar-refractivity contribution in [1.29, 1.82) is 0 Å². The lowest BCUT2D eigenvalue weighted by Gasteiger charge is -2.15. The minimum absolute atomic E-state index is 0.124. The Morgan fingerprint density at radius 1 is 1.16 bits per heavy atom. The number of halogens is 1. The number of nitrogens with zero attached hydrogens (tertiary/aromatic N) is 1. The highest BCUT2D eigenvalue weighted by Crippen LogP contribution is 2.34. The van der Waals surface area contributed by atoms with Crippen LogP contribution in [0.3, 0.4) is 0 Å². The summed E-state index contributed by atoms with van der Waals surface area (Å²) < 4.78 is 13.0. The zero-order valence-corrected chi connectivity index (χ0v) is 13.6. The van der Waals surface area contributed by atoms with E-state index in [4.69, 9.17) is 0 Å². The molecule has 128 valence electrons. The monoisotopic (exact) mass is 338 g/mol. The second kappa shape index (κ2) is 6.55. The Labute approximate surface area is 144 Å². The van der Waals surface area contributed by atoms with Crippen LogP contribution in [0.25, 0.3) is 10.9 Å².